The molecule has 5 aromatic carbocycles. The molecule has 0 aliphatic rings. The fourth-order valence-corrected chi connectivity index (χ4v) is 6.76. The van der Waals surface area contributed by atoms with Gasteiger partial charge in [0, 0.05) is 56.7 Å². The van der Waals surface area contributed by atoms with Crippen molar-refractivity contribution in [3.8, 4) is 0 Å². The smallest absolute Gasteiger partial charge is 0.136 e. The van der Waals surface area contributed by atoms with Gasteiger partial charge in [0.15, 0.2) is 0 Å². The molecule has 0 spiro atoms. The molecule has 8 aromatic rings. The van der Waals surface area contributed by atoms with Crippen molar-refractivity contribution in [1.82, 2.24) is 19.9 Å². The van der Waals surface area contributed by atoms with Crippen molar-refractivity contribution in [2.75, 3.05) is 43.9 Å². The van der Waals surface area contributed by atoms with Crippen LogP contribution in [0.2, 0.25) is 0 Å². The lowest BCUT2D eigenvalue weighted by Crippen LogP contribution is -2.24. The normalized spacial score (nSPS) is 12.0. The number of benzene rings is 5. The highest BCUT2D eigenvalue weighted by Crippen LogP contribution is 2.37. The molecule has 3 heterocycles. The highest BCUT2D eigenvalue weighted by Gasteiger charge is 2.15. The molecule has 6 heteroatoms. The SMILES string of the molecule is CN(CCCNc1cc2ccccc2c2[nH]c3ccccc3c12)CCCNc1nc2ccccc2c2[nH]c3ccccc3c12. The summed E-state index contributed by atoms with van der Waals surface area (Å²) in [6.07, 6.45) is 2.12. The maximum atomic E-state index is 5.03. The van der Waals surface area contributed by atoms with E-state index >= 15 is 0 Å². The summed E-state index contributed by atoms with van der Waals surface area (Å²) in [5, 5.41) is 16.1. The van der Waals surface area contributed by atoms with E-state index in [9.17, 15) is 0 Å². The first kappa shape index (κ1) is 26.5. The lowest BCUT2D eigenvalue weighted by molar-refractivity contribution is 0.331. The molecule has 0 aliphatic heterocycles. The predicted octanol–water partition coefficient (Wildman–Crippen LogP) is 8.89. The van der Waals surface area contributed by atoms with E-state index in [1.54, 1.807) is 0 Å². The van der Waals surface area contributed by atoms with Gasteiger partial charge in [0.05, 0.1) is 21.9 Å². The van der Waals surface area contributed by atoms with Crippen molar-refractivity contribution >= 4 is 76.8 Å². The lowest BCUT2D eigenvalue weighted by Gasteiger charge is -2.18. The Morgan fingerprint density at radius 3 is 1.93 bits per heavy atom. The fourth-order valence-electron chi connectivity index (χ4n) is 6.76. The van der Waals surface area contributed by atoms with E-state index in [4.69, 9.17) is 4.98 Å². The molecule has 0 saturated carbocycles. The number of H-pyrrole nitrogens is 2. The molecule has 218 valence electrons. The molecular formula is C38H36N6. The number of para-hydroxylation sites is 3. The number of aromatic amines is 2. The number of aromatic nitrogens is 3. The van der Waals surface area contributed by atoms with E-state index in [-0.39, 0.29) is 0 Å². The number of hydrogen-bond acceptors (Lipinski definition) is 4. The maximum Gasteiger partial charge on any atom is 0.136 e. The average Bonchev–Trinajstić information content (AvgIpc) is 3.65. The third-order valence-electron chi connectivity index (χ3n) is 8.90. The van der Waals surface area contributed by atoms with Crippen LogP contribution in [-0.4, -0.2) is 53.1 Å². The van der Waals surface area contributed by atoms with Crippen LogP contribution in [0.3, 0.4) is 0 Å². The number of pyridine rings is 1. The van der Waals surface area contributed by atoms with Gasteiger partial charge in [0.25, 0.3) is 0 Å². The largest absolute Gasteiger partial charge is 0.384 e. The van der Waals surface area contributed by atoms with Gasteiger partial charge < -0.3 is 25.5 Å². The molecule has 0 radical (unpaired) electrons. The molecule has 0 bridgehead atoms. The van der Waals surface area contributed by atoms with Gasteiger partial charge in [-0.1, -0.05) is 78.9 Å². The number of fused-ring (bicyclic) bond motifs is 10. The van der Waals surface area contributed by atoms with E-state index < -0.39 is 0 Å². The van der Waals surface area contributed by atoms with Crippen molar-refractivity contribution in [3.63, 3.8) is 0 Å². The fraction of sp³-hybridized carbons (Fsp3) is 0.184. The van der Waals surface area contributed by atoms with Crippen molar-refractivity contribution < 1.29 is 0 Å². The molecule has 0 atom stereocenters. The van der Waals surface area contributed by atoms with Gasteiger partial charge in [-0.05, 0) is 62.6 Å². The Morgan fingerprint density at radius 1 is 0.614 bits per heavy atom. The zero-order valence-corrected chi connectivity index (χ0v) is 25.0. The topological polar surface area (TPSA) is 71.8 Å². The Morgan fingerprint density at radius 2 is 1.18 bits per heavy atom. The van der Waals surface area contributed by atoms with Gasteiger partial charge in [0.1, 0.15) is 5.82 Å². The summed E-state index contributed by atoms with van der Waals surface area (Å²) in [6, 6.07) is 36.4. The Balaban J connectivity index is 0.906. The van der Waals surface area contributed by atoms with Gasteiger partial charge in [-0.2, -0.15) is 0 Å². The van der Waals surface area contributed by atoms with Crippen molar-refractivity contribution in [2.45, 2.75) is 12.8 Å². The van der Waals surface area contributed by atoms with Crippen LogP contribution >= 0.6 is 0 Å². The average molecular weight is 577 g/mol. The minimum atomic E-state index is 0.873. The summed E-state index contributed by atoms with van der Waals surface area (Å²) in [4.78, 5) is 14.8. The molecule has 6 nitrogen and oxygen atoms in total. The molecule has 3 aromatic heterocycles. The predicted molar refractivity (Wildman–Crippen MR) is 188 cm³/mol. The van der Waals surface area contributed by atoms with Crippen molar-refractivity contribution in [3.05, 3.63) is 103 Å². The van der Waals surface area contributed by atoms with Crippen LogP contribution in [0, 0.1) is 0 Å². The molecule has 4 N–H and O–H groups in total. The van der Waals surface area contributed by atoms with Gasteiger partial charge in [-0.3, -0.25) is 0 Å². The van der Waals surface area contributed by atoms with E-state index in [0.717, 1.165) is 66.8 Å². The highest BCUT2D eigenvalue weighted by molar-refractivity contribution is 6.22. The molecular weight excluding hydrogens is 540 g/mol. The molecule has 0 fully saturated rings. The summed E-state index contributed by atoms with van der Waals surface area (Å²) in [7, 11) is 2.22. The first-order chi connectivity index (χ1) is 21.7. The minimum absolute atomic E-state index is 0.873. The Bertz CT molecular complexity index is 2120. The van der Waals surface area contributed by atoms with E-state index in [2.05, 4.69) is 136 Å². The van der Waals surface area contributed by atoms with Crippen LogP contribution in [0.25, 0.3) is 65.3 Å². The number of hydrogen-bond donors (Lipinski definition) is 4. The third-order valence-corrected chi connectivity index (χ3v) is 8.90. The summed E-state index contributed by atoms with van der Waals surface area (Å²) in [5.41, 5.74) is 6.90. The Labute approximate surface area is 256 Å². The number of nitrogens with one attached hydrogen (secondary N) is 4. The molecule has 0 aliphatic carbocycles. The Hall–Kier alpha value is -5.07. The number of nitrogens with zero attached hydrogens (tertiary/aromatic N) is 2. The second-order valence-electron chi connectivity index (χ2n) is 11.8. The monoisotopic (exact) mass is 576 g/mol. The van der Waals surface area contributed by atoms with Gasteiger partial charge in [-0.15, -0.1) is 0 Å². The van der Waals surface area contributed by atoms with Gasteiger partial charge >= 0.3 is 0 Å². The van der Waals surface area contributed by atoms with E-state index in [1.807, 2.05) is 0 Å². The minimum Gasteiger partial charge on any atom is -0.384 e. The van der Waals surface area contributed by atoms with E-state index in [1.165, 1.54) is 49.0 Å². The number of anilines is 2. The lowest BCUT2D eigenvalue weighted by atomic mass is 10.0. The van der Waals surface area contributed by atoms with Crippen LogP contribution in [0.5, 0.6) is 0 Å². The van der Waals surface area contributed by atoms with Crippen LogP contribution in [0.1, 0.15) is 12.8 Å². The molecule has 0 amide bonds. The Kier molecular flexibility index (Phi) is 6.76. The second-order valence-corrected chi connectivity index (χ2v) is 11.8. The second kappa shape index (κ2) is 11.2. The first-order valence-electron chi connectivity index (χ1n) is 15.6. The van der Waals surface area contributed by atoms with Crippen LogP contribution in [0.4, 0.5) is 11.5 Å². The molecule has 0 saturated heterocycles. The van der Waals surface area contributed by atoms with Gasteiger partial charge in [0.2, 0.25) is 0 Å². The summed E-state index contributed by atoms with van der Waals surface area (Å²) in [6.45, 7) is 3.87. The van der Waals surface area contributed by atoms with Crippen LogP contribution < -0.4 is 10.6 Å². The summed E-state index contributed by atoms with van der Waals surface area (Å²) >= 11 is 0. The summed E-state index contributed by atoms with van der Waals surface area (Å²) in [5.74, 6) is 0.960. The van der Waals surface area contributed by atoms with Crippen LogP contribution in [0.15, 0.2) is 103 Å². The van der Waals surface area contributed by atoms with E-state index in [0.29, 0.717) is 0 Å². The summed E-state index contributed by atoms with van der Waals surface area (Å²) < 4.78 is 0. The molecule has 44 heavy (non-hydrogen) atoms. The molecule has 8 rings (SSSR count). The van der Waals surface area contributed by atoms with Gasteiger partial charge in [-0.25, -0.2) is 4.98 Å². The highest BCUT2D eigenvalue weighted by atomic mass is 15.1. The van der Waals surface area contributed by atoms with Crippen LogP contribution in [-0.2, 0) is 0 Å². The third kappa shape index (κ3) is 4.68. The number of rotatable bonds is 10. The quantitative estimate of drug-likeness (QED) is 0.123. The first-order valence-corrected chi connectivity index (χ1v) is 15.6. The van der Waals surface area contributed by atoms with Crippen molar-refractivity contribution in [2.24, 2.45) is 0 Å². The van der Waals surface area contributed by atoms with Crippen molar-refractivity contribution in [1.29, 1.82) is 0 Å². The zero-order chi connectivity index (χ0) is 29.5. The molecule has 0 unspecified atom stereocenters. The zero-order valence-electron chi connectivity index (χ0n) is 25.0. The standard InChI is InChI=1S/C38H36N6/c1-44(22-10-20-39-33-24-25-12-2-3-13-26(25)36-34(33)27-14-4-7-17-30(27)41-36)23-11-21-40-38-35-28-15-5-8-18-31(28)42-37(35)29-16-6-9-19-32(29)43-38/h2-9,12-19,24,39,41-42H,10-11,20-23H2,1H3,(H,40,43). The maximum absolute atomic E-state index is 5.03.